The van der Waals surface area contributed by atoms with Gasteiger partial charge in [0.15, 0.2) is 5.17 Å². The third-order valence-corrected chi connectivity index (χ3v) is 6.93. The number of hydrogen-bond donors (Lipinski definition) is 1. The Morgan fingerprint density at radius 3 is 2.44 bits per heavy atom. The van der Waals surface area contributed by atoms with Gasteiger partial charge in [0.25, 0.3) is 0 Å². The molecule has 0 spiro atoms. The molecule has 18 heavy (non-hydrogen) atoms. The van der Waals surface area contributed by atoms with Crippen molar-refractivity contribution in [2.45, 2.75) is 65.5 Å². The molecule has 3 rings (SSSR count). The normalized spacial score (nSPS) is 40.1. The zero-order chi connectivity index (χ0) is 13.0. The molecule has 0 bridgehead atoms. The van der Waals surface area contributed by atoms with Gasteiger partial charge in [-0.1, -0.05) is 52.3 Å². The van der Waals surface area contributed by atoms with Crippen molar-refractivity contribution in [2.24, 2.45) is 21.7 Å². The maximum Gasteiger partial charge on any atom is 0.157 e. The zero-order valence-electron chi connectivity index (χ0n) is 12.1. The van der Waals surface area contributed by atoms with Gasteiger partial charge in [-0.2, -0.15) is 0 Å². The Morgan fingerprint density at radius 2 is 1.78 bits per heavy atom. The van der Waals surface area contributed by atoms with Gasteiger partial charge in [-0.05, 0) is 29.6 Å². The van der Waals surface area contributed by atoms with E-state index in [1.54, 1.807) is 0 Å². The van der Waals surface area contributed by atoms with Crippen molar-refractivity contribution < 1.29 is 0 Å². The van der Waals surface area contributed by atoms with Crippen LogP contribution in [0.25, 0.3) is 0 Å². The van der Waals surface area contributed by atoms with E-state index in [0.717, 1.165) is 5.92 Å². The van der Waals surface area contributed by atoms with E-state index in [-0.39, 0.29) is 0 Å². The summed E-state index contributed by atoms with van der Waals surface area (Å²) in [7, 11) is 0. The van der Waals surface area contributed by atoms with Crippen molar-refractivity contribution in [3.63, 3.8) is 0 Å². The highest BCUT2D eigenvalue weighted by atomic mass is 32.2. The first-order valence-electron chi connectivity index (χ1n) is 7.40. The van der Waals surface area contributed by atoms with Gasteiger partial charge in [0.05, 0.1) is 6.04 Å². The van der Waals surface area contributed by atoms with Crippen LogP contribution in [0, 0.1) is 16.7 Å². The van der Waals surface area contributed by atoms with Crippen LogP contribution < -0.4 is 5.32 Å². The summed E-state index contributed by atoms with van der Waals surface area (Å²) in [6.07, 6.45) is 5.59. The Bertz CT molecular complexity index is 359. The predicted molar refractivity (Wildman–Crippen MR) is 80.1 cm³/mol. The molecule has 2 saturated carbocycles. The van der Waals surface area contributed by atoms with Crippen molar-refractivity contribution in [1.29, 1.82) is 0 Å². The molecule has 0 radical (unpaired) electrons. The van der Waals surface area contributed by atoms with Crippen molar-refractivity contribution in [3.05, 3.63) is 0 Å². The molecular formula is C15H26N2S. The summed E-state index contributed by atoms with van der Waals surface area (Å²) in [4.78, 5) is 5.01. The summed E-state index contributed by atoms with van der Waals surface area (Å²) in [5.74, 6) is 2.17. The summed E-state index contributed by atoms with van der Waals surface area (Å²) in [6, 6.07) is 1.21. The molecular weight excluding hydrogens is 240 g/mol. The Labute approximate surface area is 115 Å². The Hall–Kier alpha value is -0.180. The number of thioether (sulfide) groups is 1. The first-order chi connectivity index (χ1) is 8.43. The van der Waals surface area contributed by atoms with Crippen LogP contribution in [0.2, 0.25) is 0 Å². The van der Waals surface area contributed by atoms with E-state index in [9.17, 15) is 0 Å². The molecule has 0 aromatic heterocycles. The van der Waals surface area contributed by atoms with Crippen molar-refractivity contribution in [2.75, 3.05) is 5.75 Å². The van der Waals surface area contributed by atoms with Crippen LogP contribution in [0.1, 0.15) is 53.4 Å². The van der Waals surface area contributed by atoms with E-state index in [0.29, 0.717) is 22.9 Å². The fraction of sp³-hybridized carbons (Fsp3) is 0.933. The molecule has 102 valence electrons. The summed E-state index contributed by atoms with van der Waals surface area (Å²) >= 11 is 1.96. The van der Waals surface area contributed by atoms with Crippen LogP contribution >= 0.6 is 11.8 Å². The van der Waals surface area contributed by atoms with Crippen molar-refractivity contribution in [1.82, 2.24) is 5.32 Å². The van der Waals surface area contributed by atoms with Gasteiger partial charge in [0.1, 0.15) is 0 Å². The second kappa shape index (κ2) is 4.16. The third-order valence-electron chi connectivity index (χ3n) is 5.84. The molecule has 0 aromatic rings. The van der Waals surface area contributed by atoms with Gasteiger partial charge < -0.3 is 5.32 Å². The van der Waals surface area contributed by atoms with Crippen LogP contribution in [0.15, 0.2) is 4.99 Å². The maximum absolute atomic E-state index is 5.01. The van der Waals surface area contributed by atoms with Gasteiger partial charge >= 0.3 is 0 Å². The average Bonchev–Trinajstić information content (AvgIpc) is 2.72. The standard InChI is InChI=1S/C15H26N2S/c1-14(2)12(15(14,3)4)17-13-16-11-8-6-5-7-10(11)9-18-13/h10-12H,5-9H2,1-4H3,(H,16,17). The van der Waals surface area contributed by atoms with Crippen molar-refractivity contribution in [3.8, 4) is 0 Å². The summed E-state index contributed by atoms with van der Waals surface area (Å²) in [5, 5.41) is 4.94. The fourth-order valence-electron chi connectivity index (χ4n) is 3.66. The van der Waals surface area contributed by atoms with E-state index >= 15 is 0 Å². The van der Waals surface area contributed by atoms with Gasteiger partial charge in [-0.15, -0.1) is 0 Å². The second-order valence-corrected chi connectivity index (χ2v) is 8.40. The lowest BCUT2D eigenvalue weighted by molar-refractivity contribution is 0.311. The topological polar surface area (TPSA) is 24.4 Å². The molecule has 2 atom stereocenters. The molecule has 1 N–H and O–H groups in total. The Morgan fingerprint density at radius 1 is 1.11 bits per heavy atom. The minimum Gasteiger partial charge on any atom is -0.362 e. The minimum absolute atomic E-state index is 0.367. The highest BCUT2D eigenvalue weighted by Crippen LogP contribution is 2.64. The number of rotatable bonds is 1. The number of nitrogens with zero attached hydrogens (tertiary/aromatic N) is 1. The van der Waals surface area contributed by atoms with Gasteiger partial charge in [-0.25, -0.2) is 0 Å². The molecule has 0 aromatic carbocycles. The smallest absolute Gasteiger partial charge is 0.157 e. The number of hydrogen-bond acceptors (Lipinski definition) is 2. The third kappa shape index (κ3) is 1.90. The number of aliphatic imine (C=N–C) groups is 1. The van der Waals surface area contributed by atoms with Crippen LogP contribution in [-0.4, -0.2) is 23.0 Å². The largest absolute Gasteiger partial charge is 0.362 e. The highest BCUT2D eigenvalue weighted by molar-refractivity contribution is 8.13. The molecule has 1 heterocycles. The summed E-state index contributed by atoms with van der Waals surface area (Å²) in [5.41, 5.74) is 0.733. The van der Waals surface area contributed by atoms with Gasteiger partial charge in [0, 0.05) is 11.8 Å². The van der Waals surface area contributed by atoms with Gasteiger partial charge in [0.2, 0.25) is 0 Å². The molecule has 3 heteroatoms. The molecule has 1 saturated heterocycles. The Balaban J connectivity index is 1.68. The summed E-state index contributed by atoms with van der Waals surface area (Å²) < 4.78 is 0. The Kier molecular flexibility index (Phi) is 2.96. The molecule has 2 aliphatic carbocycles. The van der Waals surface area contributed by atoms with E-state index in [4.69, 9.17) is 4.99 Å². The minimum atomic E-state index is 0.367. The maximum atomic E-state index is 5.01. The molecule has 3 fully saturated rings. The van der Waals surface area contributed by atoms with E-state index < -0.39 is 0 Å². The second-order valence-electron chi connectivity index (χ2n) is 7.39. The number of nitrogens with one attached hydrogen (secondary N) is 1. The monoisotopic (exact) mass is 266 g/mol. The molecule has 2 nitrogen and oxygen atoms in total. The summed E-state index contributed by atoms with van der Waals surface area (Å²) in [6.45, 7) is 9.38. The van der Waals surface area contributed by atoms with Crippen LogP contribution in [0.4, 0.5) is 0 Å². The first kappa shape index (κ1) is 12.8. The first-order valence-corrected chi connectivity index (χ1v) is 8.38. The highest BCUT2D eigenvalue weighted by Gasteiger charge is 2.65. The van der Waals surface area contributed by atoms with Crippen molar-refractivity contribution >= 4 is 16.9 Å². The lowest BCUT2D eigenvalue weighted by Crippen LogP contribution is -2.46. The van der Waals surface area contributed by atoms with E-state index in [1.165, 1.54) is 36.6 Å². The molecule has 2 unspecified atom stereocenters. The SMILES string of the molecule is CC1(C)C(N=C2NC3CCCCC3CS2)C1(C)C. The lowest BCUT2D eigenvalue weighted by Gasteiger charge is -2.37. The fourth-order valence-corrected chi connectivity index (χ4v) is 4.85. The average molecular weight is 266 g/mol. The quantitative estimate of drug-likeness (QED) is 0.783. The number of amidine groups is 1. The van der Waals surface area contributed by atoms with E-state index in [2.05, 4.69) is 33.0 Å². The van der Waals surface area contributed by atoms with Crippen LogP contribution in [-0.2, 0) is 0 Å². The lowest BCUT2D eigenvalue weighted by atomic mass is 9.86. The zero-order valence-corrected chi connectivity index (χ0v) is 12.9. The van der Waals surface area contributed by atoms with Gasteiger partial charge in [-0.3, -0.25) is 4.99 Å². The molecule has 3 aliphatic rings. The van der Waals surface area contributed by atoms with Crippen LogP contribution in [0.5, 0.6) is 0 Å². The molecule has 0 amide bonds. The molecule has 1 aliphatic heterocycles. The van der Waals surface area contributed by atoms with E-state index in [1.807, 2.05) is 11.8 Å². The predicted octanol–water partition coefficient (Wildman–Crippen LogP) is 3.67. The van der Waals surface area contributed by atoms with Crippen LogP contribution in [0.3, 0.4) is 0 Å². The number of fused-ring (bicyclic) bond motifs is 1.